The number of guanidine groups is 1. The second-order valence-electron chi connectivity index (χ2n) is 6.93. The number of nitrogens with zero attached hydrogens (tertiary/aromatic N) is 2. The van der Waals surface area contributed by atoms with Gasteiger partial charge in [0.05, 0.1) is 6.54 Å². The zero-order chi connectivity index (χ0) is 16.0. The van der Waals surface area contributed by atoms with Crippen LogP contribution in [0.5, 0.6) is 0 Å². The lowest BCUT2D eigenvalue weighted by Crippen LogP contribution is -2.47. The van der Waals surface area contributed by atoms with E-state index in [9.17, 15) is 0 Å². The summed E-state index contributed by atoms with van der Waals surface area (Å²) < 4.78 is 0.188. The van der Waals surface area contributed by atoms with E-state index < -0.39 is 0 Å². The van der Waals surface area contributed by atoms with Gasteiger partial charge in [0.1, 0.15) is 0 Å². The molecule has 124 valence electrons. The monoisotopic (exact) mass is 314 g/mol. The third-order valence-electron chi connectivity index (χ3n) is 4.21. The van der Waals surface area contributed by atoms with Crippen molar-refractivity contribution >= 4 is 17.7 Å². The summed E-state index contributed by atoms with van der Waals surface area (Å²) in [4.78, 5) is 7.32. The summed E-state index contributed by atoms with van der Waals surface area (Å²) in [6.45, 7) is 17.5. The van der Waals surface area contributed by atoms with E-state index >= 15 is 0 Å². The van der Waals surface area contributed by atoms with Crippen LogP contribution in [-0.4, -0.2) is 60.1 Å². The van der Waals surface area contributed by atoms with Crippen LogP contribution in [0.25, 0.3) is 0 Å². The smallest absolute Gasteiger partial charge is 0.191 e. The van der Waals surface area contributed by atoms with Gasteiger partial charge in [-0.05, 0) is 46.8 Å². The molecule has 0 aromatic rings. The van der Waals surface area contributed by atoms with Crippen molar-refractivity contribution in [3.05, 3.63) is 0 Å². The molecule has 1 heterocycles. The fourth-order valence-electron chi connectivity index (χ4n) is 2.44. The van der Waals surface area contributed by atoms with Crippen LogP contribution < -0.4 is 10.6 Å². The van der Waals surface area contributed by atoms with Gasteiger partial charge in [-0.1, -0.05) is 6.92 Å². The number of hydrogen-bond acceptors (Lipinski definition) is 3. The summed E-state index contributed by atoms with van der Waals surface area (Å²) in [5, 5.41) is 7.02. The van der Waals surface area contributed by atoms with E-state index in [1.165, 1.54) is 6.54 Å². The lowest BCUT2D eigenvalue weighted by atomic mass is 10.1. The van der Waals surface area contributed by atoms with E-state index in [0.29, 0.717) is 18.0 Å². The lowest BCUT2D eigenvalue weighted by molar-refractivity contribution is 0.265. The first-order chi connectivity index (χ1) is 9.79. The molecule has 1 aliphatic rings. The highest BCUT2D eigenvalue weighted by molar-refractivity contribution is 7.99. The summed E-state index contributed by atoms with van der Waals surface area (Å²) in [5.41, 5.74) is 0. The molecule has 0 aliphatic carbocycles. The van der Waals surface area contributed by atoms with E-state index in [0.717, 1.165) is 25.6 Å². The highest BCUT2D eigenvalue weighted by Crippen LogP contribution is 2.21. The fourth-order valence-corrected chi connectivity index (χ4v) is 2.64. The Labute approximate surface area is 135 Å². The summed E-state index contributed by atoms with van der Waals surface area (Å²) in [7, 11) is 0. The predicted molar refractivity (Wildman–Crippen MR) is 96.4 cm³/mol. The second kappa shape index (κ2) is 8.28. The molecule has 0 saturated carbocycles. The molecule has 1 aliphatic heterocycles. The summed E-state index contributed by atoms with van der Waals surface area (Å²) in [6.07, 6.45) is 2.15. The van der Waals surface area contributed by atoms with Gasteiger partial charge in [-0.3, -0.25) is 9.89 Å². The van der Waals surface area contributed by atoms with Crippen molar-refractivity contribution in [1.29, 1.82) is 0 Å². The minimum Gasteiger partial charge on any atom is -0.357 e. The summed E-state index contributed by atoms with van der Waals surface area (Å²) >= 11 is 1.86. The van der Waals surface area contributed by atoms with Gasteiger partial charge < -0.3 is 10.6 Å². The first-order valence-electron chi connectivity index (χ1n) is 8.13. The molecule has 0 amide bonds. The van der Waals surface area contributed by atoms with E-state index in [1.807, 2.05) is 11.8 Å². The van der Waals surface area contributed by atoms with Crippen LogP contribution in [0.2, 0.25) is 0 Å². The molecule has 2 N–H and O–H groups in total. The van der Waals surface area contributed by atoms with E-state index in [1.54, 1.807) is 0 Å². The Kier molecular flexibility index (Phi) is 7.34. The van der Waals surface area contributed by atoms with Crippen LogP contribution in [0.15, 0.2) is 4.99 Å². The predicted octanol–water partition coefficient (Wildman–Crippen LogP) is 2.41. The Bertz CT molecular complexity index is 341. The number of likely N-dealkylation sites (tertiary alicyclic amines) is 1. The van der Waals surface area contributed by atoms with Crippen LogP contribution in [-0.2, 0) is 0 Å². The van der Waals surface area contributed by atoms with Crippen molar-refractivity contribution in [2.45, 2.75) is 58.4 Å². The molecule has 21 heavy (non-hydrogen) atoms. The first-order valence-corrected chi connectivity index (χ1v) is 9.35. The van der Waals surface area contributed by atoms with E-state index in [-0.39, 0.29) is 4.75 Å². The molecule has 1 saturated heterocycles. The fraction of sp³-hybridized carbons (Fsp3) is 0.938. The van der Waals surface area contributed by atoms with Gasteiger partial charge in [0.2, 0.25) is 0 Å². The Morgan fingerprint density at radius 2 is 2.05 bits per heavy atom. The summed E-state index contributed by atoms with van der Waals surface area (Å²) in [6, 6.07) is 1.11. The van der Waals surface area contributed by atoms with Gasteiger partial charge in [-0.2, -0.15) is 11.8 Å². The van der Waals surface area contributed by atoms with Gasteiger partial charge in [0.15, 0.2) is 5.96 Å². The molecule has 0 aromatic carbocycles. The van der Waals surface area contributed by atoms with Gasteiger partial charge >= 0.3 is 0 Å². The molecule has 0 bridgehead atoms. The molecule has 2 atom stereocenters. The van der Waals surface area contributed by atoms with Crippen LogP contribution >= 0.6 is 11.8 Å². The number of rotatable bonds is 6. The van der Waals surface area contributed by atoms with Crippen molar-refractivity contribution in [2.75, 3.05) is 32.4 Å². The van der Waals surface area contributed by atoms with Crippen LogP contribution in [0, 0.1) is 5.92 Å². The number of aliphatic imine (C=N–C) groups is 1. The number of thioether (sulfide) groups is 1. The zero-order valence-corrected chi connectivity index (χ0v) is 15.7. The third kappa shape index (κ3) is 6.07. The lowest BCUT2D eigenvalue weighted by Gasteiger charge is -2.24. The minimum absolute atomic E-state index is 0.188. The van der Waals surface area contributed by atoms with E-state index in [4.69, 9.17) is 4.99 Å². The quantitative estimate of drug-likeness (QED) is 0.583. The van der Waals surface area contributed by atoms with E-state index in [2.05, 4.69) is 63.3 Å². The largest absolute Gasteiger partial charge is 0.357 e. The topological polar surface area (TPSA) is 39.7 Å². The van der Waals surface area contributed by atoms with Crippen LogP contribution in [0.1, 0.15) is 41.5 Å². The highest BCUT2D eigenvalue weighted by Gasteiger charge is 2.31. The highest BCUT2D eigenvalue weighted by atomic mass is 32.2. The molecule has 0 spiro atoms. The normalized spacial score (nSPS) is 24.7. The number of nitrogens with one attached hydrogen (secondary N) is 2. The molecule has 5 heteroatoms. The molecule has 2 unspecified atom stereocenters. The standard InChI is InChI=1S/C16H34N4S/c1-8-17-15(18-11-16(5,6)21-7)19-14-10-20(12(2)3)9-13(14)4/h12-14H,8-11H2,1-7H3,(H2,17,18,19). The Balaban J connectivity index is 2.64. The zero-order valence-electron chi connectivity index (χ0n) is 14.9. The SMILES string of the molecule is CCNC(=NCC(C)(C)SC)NC1CN(C(C)C)CC1C. The number of hydrogen-bond donors (Lipinski definition) is 2. The van der Waals surface area contributed by atoms with Gasteiger partial charge in [-0.15, -0.1) is 0 Å². The Morgan fingerprint density at radius 1 is 1.38 bits per heavy atom. The van der Waals surface area contributed by atoms with Crippen molar-refractivity contribution < 1.29 is 0 Å². The van der Waals surface area contributed by atoms with Crippen molar-refractivity contribution in [1.82, 2.24) is 15.5 Å². The van der Waals surface area contributed by atoms with Crippen molar-refractivity contribution in [3.8, 4) is 0 Å². The van der Waals surface area contributed by atoms with Gasteiger partial charge in [0.25, 0.3) is 0 Å². The van der Waals surface area contributed by atoms with Gasteiger partial charge in [0, 0.05) is 36.5 Å². The Hall–Kier alpha value is -0.420. The molecule has 0 radical (unpaired) electrons. The minimum atomic E-state index is 0.188. The molecule has 0 aromatic heterocycles. The summed E-state index contributed by atoms with van der Waals surface area (Å²) in [5.74, 6) is 1.62. The van der Waals surface area contributed by atoms with Crippen LogP contribution in [0.3, 0.4) is 0 Å². The molecular formula is C16H34N4S. The second-order valence-corrected chi connectivity index (χ2v) is 8.45. The van der Waals surface area contributed by atoms with Crippen LogP contribution in [0.4, 0.5) is 0 Å². The molecular weight excluding hydrogens is 280 g/mol. The van der Waals surface area contributed by atoms with Gasteiger partial charge in [-0.25, -0.2) is 0 Å². The Morgan fingerprint density at radius 3 is 2.52 bits per heavy atom. The molecule has 1 rings (SSSR count). The average Bonchev–Trinajstić information content (AvgIpc) is 2.78. The average molecular weight is 315 g/mol. The maximum absolute atomic E-state index is 4.78. The molecule has 4 nitrogen and oxygen atoms in total. The third-order valence-corrected chi connectivity index (χ3v) is 5.44. The van der Waals surface area contributed by atoms with Crippen molar-refractivity contribution in [2.24, 2.45) is 10.9 Å². The maximum Gasteiger partial charge on any atom is 0.191 e. The molecule has 1 fully saturated rings. The van der Waals surface area contributed by atoms with Crippen molar-refractivity contribution in [3.63, 3.8) is 0 Å². The maximum atomic E-state index is 4.78. The first kappa shape index (κ1) is 18.6.